The second-order valence-corrected chi connectivity index (χ2v) is 4.41. The zero-order valence-corrected chi connectivity index (χ0v) is 9.88. The van der Waals surface area contributed by atoms with Crippen molar-refractivity contribution in [2.45, 2.75) is 58.6 Å². The summed E-state index contributed by atoms with van der Waals surface area (Å²) in [6.07, 6.45) is 5.48. The van der Waals surface area contributed by atoms with Crippen LogP contribution in [0.2, 0.25) is 0 Å². The van der Waals surface area contributed by atoms with Gasteiger partial charge in [-0.2, -0.15) is 0 Å². The third-order valence-corrected chi connectivity index (χ3v) is 3.25. The number of hydrogen-bond donors (Lipinski definition) is 1. The average molecular weight is 199 g/mol. The minimum atomic E-state index is 0.528. The highest BCUT2D eigenvalue weighted by Crippen LogP contribution is 2.25. The predicted molar refractivity (Wildman–Crippen MR) is 60.5 cm³/mol. The topological polar surface area (TPSA) is 21.3 Å². The van der Waals surface area contributed by atoms with Gasteiger partial charge in [0.15, 0.2) is 0 Å². The molecule has 0 aromatic heterocycles. The largest absolute Gasteiger partial charge is 0.378 e. The van der Waals surface area contributed by atoms with E-state index in [4.69, 9.17) is 4.74 Å². The molecule has 2 heteroatoms. The van der Waals surface area contributed by atoms with Crippen LogP contribution in [0.4, 0.5) is 0 Å². The van der Waals surface area contributed by atoms with Crippen LogP contribution >= 0.6 is 0 Å². The summed E-state index contributed by atoms with van der Waals surface area (Å²) in [4.78, 5) is 0. The third-order valence-electron chi connectivity index (χ3n) is 3.25. The Hall–Kier alpha value is -0.0800. The fraction of sp³-hybridized carbons (Fsp3) is 1.00. The molecular weight excluding hydrogens is 174 g/mol. The summed E-state index contributed by atoms with van der Waals surface area (Å²) in [5, 5.41) is 3.52. The predicted octanol–water partition coefficient (Wildman–Crippen LogP) is 2.58. The van der Waals surface area contributed by atoms with Gasteiger partial charge >= 0.3 is 0 Å². The summed E-state index contributed by atoms with van der Waals surface area (Å²) in [5.74, 6) is 0.820. The van der Waals surface area contributed by atoms with E-state index in [1.807, 2.05) is 0 Å². The lowest BCUT2D eigenvalue weighted by Crippen LogP contribution is -2.39. The van der Waals surface area contributed by atoms with Crippen molar-refractivity contribution in [2.75, 3.05) is 13.2 Å². The van der Waals surface area contributed by atoms with Crippen molar-refractivity contribution in [3.8, 4) is 0 Å². The molecule has 3 unspecified atom stereocenters. The van der Waals surface area contributed by atoms with E-state index in [0.717, 1.165) is 19.1 Å². The van der Waals surface area contributed by atoms with Crippen LogP contribution in [-0.4, -0.2) is 25.3 Å². The smallest absolute Gasteiger partial charge is 0.0578 e. The molecule has 14 heavy (non-hydrogen) atoms. The van der Waals surface area contributed by atoms with E-state index >= 15 is 0 Å². The molecule has 0 aliphatic carbocycles. The van der Waals surface area contributed by atoms with Gasteiger partial charge in [-0.15, -0.1) is 0 Å². The Kier molecular flexibility index (Phi) is 5.49. The van der Waals surface area contributed by atoms with E-state index in [1.54, 1.807) is 0 Å². The first-order valence-electron chi connectivity index (χ1n) is 6.12. The molecule has 1 fully saturated rings. The molecule has 1 rings (SSSR count). The van der Waals surface area contributed by atoms with Crippen LogP contribution in [0, 0.1) is 5.92 Å². The average Bonchev–Trinajstić information content (AvgIpc) is 2.19. The zero-order valence-electron chi connectivity index (χ0n) is 9.88. The Morgan fingerprint density at radius 1 is 1.43 bits per heavy atom. The maximum absolute atomic E-state index is 5.75. The summed E-state index contributed by atoms with van der Waals surface area (Å²) in [7, 11) is 0. The van der Waals surface area contributed by atoms with Crippen LogP contribution in [0.25, 0.3) is 0 Å². The first-order chi connectivity index (χ1) is 6.77. The zero-order chi connectivity index (χ0) is 10.4. The minimum absolute atomic E-state index is 0.528. The van der Waals surface area contributed by atoms with Gasteiger partial charge in [0, 0.05) is 12.6 Å². The van der Waals surface area contributed by atoms with Gasteiger partial charge in [-0.05, 0) is 38.6 Å². The Morgan fingerprint density at radius 3 is 2.86 bits per heavy atom. The molecule has 0 radical (unpaired) electrons. The number of rotatable bonds is 5. The van der Waals surface area contributed by atoms with Gasteiger partial charge < -0.3 is 10.1 Å². The molecule has 0 bridgehead atoms. The third kappa shape index (κ3) is 3.58. The fourth-order valence-electron chi connectivity index (χ4n) is 2.38. The van der Waals surface area contributed by atoms with Crippen LogP contribution in [0.15, 0.2) is 0 Å². The highest BCUT2D eigenvalue weighted by molar-refractivity contribution is 4.78. The standard InChI is InChI=1S/C12H25NO/c1-4-6-12-9-11(7-8-14-12)10(3)13-5-2/h10-13H,4-9H2,1-3H3. The van der Waals surface area contributed by atoms with Crippen LogP contribution in [-0.2, 0) is 4.74 Å². The van der Waals surface area contributed by atoms with E-state index < -0.39 is 0 Å². The number of nitrogens with one attached hydrogen (secondary N) is 1. The molecule has 1 aliphatic rings. The fourth-order valence-corrected chi connectivity index (χ4v) is 2.38. The van der Waals surface area contributed by atoms with Crippen molar-refractivity contribution in [1.82, 2.24) is 5.32 Å². The maximum atomic E-state index is 5.75. The van der Waals surface area contributed by atoms with Gasteiger partial charge in [0.1, 0.15) is 0 Å². The summed E-state index contributed by atoms with van der Waals surface area (Å²) in [6, 6.07) is 0.656. The Bertz CT molecular complexity index is 143. The summed E-state index contributed by atoms with van der Waals surface area (Å²) >= 11 is 0. The number of hydrogen-bond acceptors (Lipinski definition) is 2. The summed E-state index contributed by atoms with van der Waals surface area (Å²) in [5.41, 5.74) is 0. The molecule has 1 saturated heterocycles. The minimum Gasteiger partial charge on any atom is -0.378 e. The van der Waals surface area contributed by atoms with Crippen LogP contribution in [0.3, 0.4) is 0 Å². The monoisotopic (exact) mass is 199 g/mol. The molecule has 1 heterocycles. The first-order valence-corrected chi connectivity index (χ1v) is 6.12. The SMILES string of the molecule is CCCC1CC(C(C)NCC)CCO1. The lowest BCUT2D eigenvalue weighted by molar-refractivity contribution is -0.0199. The van der Waals surface area contributed by atoms with Crippen molar-refractivity contribution in [2.24, 2.45) is 5.92 Å². The molecule has 3 atom stereocenters. The summed E-state index contributed by atoms with van der Waals surface area (Å²) in [6.45, 7) is 8.77. The molecule has 84 valence electrons. The van der Waals surface area contributed by atoms with Gasteiger partial charge in [-0.25, -0.2) is 0 Å². The van der Waals surface area contributed by atoms with Gasteiger partial charge in [-0.1, -0.05) is 20.3 Å². The molecular formula is C12H25NO. The van der Waals surface area contributed by atoms with E-state index in [0.29, 0.717) is 12.1 Å². The Morgan fingerprint density at radius 2 is 2.21 bits per heavy atom. The van der Waals surface area contributed by atoms with Gasteiger partial charge in [0.2, 0.25) is 0 Å². The van der Waals surface area contributed by atoms with Crippen LogP contribution in [0.5, 0.6) is 0 Å². The Labute approximate surface area is 88.4 Å². The molecule has 1 N–H and O–H groups in total. The highest BCUT2D eigenvalue weighted by Gasteiger charge is 2.25. The second-order valence-electron chi connectivity index (χ2n) is 4.41. The molecule has 0 amide bonds. The lowest BCUT2D eigenvalue weighted by Gasteiger charge is -2.33. The molecule has 0 saturated carbocycles. The molecule has 0 spiro atoms. The van der Waals surface area contributed by atoms with E-state index in [2.05, 4.69) is 26.1 Å². The molecule has 0 aromatic carbocycles. The van der Waals surface area contributed by atoms with Crippen molar-refractivity contribution < 1.29 is 4.74 Å². The van der Waals surface area contributed by atoms with Crippen molar-refractivity contribution >= 4 is 0 Å². The van der Waals surface area contributed by atoms with Crippen molar-refractivity contribution in [1.29, 1.82) is 0 Å². The molecule has 0 aromatic rings. The lowest BCUT2D eigenvalue weighted by atomic mass is 9.88. The molecule has 1 aliphatic heterocycles. The van der Waals surface area contributed by atoms with E-state index in [1.165, 1.54) is 25.7 Å². The highest BCUT2D eigenvalue weighted by atomic mass is 16.5. The van der Waals surface area contributed by atoms with E-state index in [-0.39, 0.29) is 0 Å². The van der Waals surface area contributed by atoms with Gasteiger partial charge in [0.25, 0.3) is 0 Å². The van der Waals surface area contributed by atoms with Crippen LogP contribution in [0.1, 0.15) is 46.5 Å². The first kappa shape index (κ1) is 12.0. The van der Waals surface area contributed by atoms with Crippen molar-refractivity contribution in [3.63, 3.8) is 0 Å². The van der Waals surface area contributed by atoms with E-state index in [9.17, 15) is 0 Å². The summed E-state index contributed by atoms with van der Waals surface area (Å²) < 4.78 is 5.75. The van der Waals surface area contributed by atoms with Crippen molar-refractivity contribution in [3.05, 3.63) is 0 Å². The number of ether oxygens (including phenoxy) is 1. The normalized spacial score (nSPS) is 30.2. The quantitative estimate of drug-likeness (QED) is 0.735. The molecule has 2 nitrogen and oxygen atoms in total. The van der Waals surface area contributed by atoms with Gasteiger partial charge in [-0.3, -0.25) is 0 Å². The van der Waals surface area contributed by atoms with Gasteiger partial charge in [0.05, 0.1) is 6.10 Å². The Balaban J connectivity index is 2.31. The second kappa shape index (κ2) is 6.41. The maximum Gasteiger partial charge on any atom is 0.0578 e. The van der Waals surface area contributed by atoms with Crippen LogP contribution < -0.4 is 5.32 Å².